The van der Waals surface area contributed by atoms with Crippen LogP contribution in [0.4, 0.5) is 5.69 Å². The minimum absolute atomic E-state index is 0.0728. The van der Waals surface area contributed by atoms with Crippen LogP contribution >= 0.6 is 0 Å². The van der Waals surface area contributed by atoms with Crippen LogP contribution in [0.3, 0.4) is 0 Å². The summed E-state index contributed by atoms with van der Waals surface area (Å²) in [4.78, 5) is 14.3. The number of nitro benzene ring substituents is 1. The molecule has 0 aliphatic carbocycles. The summed E-state index contributed by atoms with van der Waals surface area (Å²) in [5.74, 6) is 0.572. The van der Waals surface area contributed by atoms with Gasteiger partial charge in [0.25, 0.3) is 15.7 Å². The van der Waals surface area contributed by atoms with Gasteiger partial charge >= 0.3 is 0 Å². The van der Waals surface area contributed by atoms with Gasteiger partial charge in [-0.1, -0.05) is 0 Å². The van der Waals surface area contributed by atoms with Crippen LogP contribution in [0.5, 0.6) is 5.75 Å². The number of fused-ring (bicyclic) bond motifs is 1. The SMILES string of the molecule is CCOc1ccc(S(=O)(=O)n2cnc3cc([N+](=O)[O-])ccc32)cc1. The van der Waals surface area contributed by atoms with Crippen LogP contribution in [0.15, 0.2) is 53.7 Å². The number of aromatic nitrogens is 2. The molecule has 0 fully saturated rings. The molecule has 0 amide bonds. The molecule has 0 saturated carbocycles. The van der Waals surface area contributed by atoms with E-state index in [1.165, 1.54) is 30.3 Å². The van der Waals surface area contributed by atoms with E-state index in [2.05, 4.69) is 4.98 Å². The molecule has 0 radical (unpaired) electrons. The Bertz CT molecular complexity index is 1010. The third-order valence-electron chi connectivity index (χ3n) is 3.40. The van der Waals surface area contributed by atoms with Crippen LogP contribution < -0.4 is 4.74 Å². The quantitative estimate of drug-likeness (QED) is 0.519. The van der Waals surface area contributed by atoms with Gasteiger partial charge in [0, 0.05) is 12.1 Å². The molecule has 0 bridgehead atoms. The summed E-state index contributed by atoms with van der Waals surface area (Å²) in [7, 11) is -3.86. The van der Waals surface area contributed by atoms with Gasteiger partial charge < -0.3 is 4.74 Å². The molecule has 1 heterocycles. The summed E-state index contributed by atoms with van der Waals surface area (Å²) in [5.41, 5.74) is 0.361. The van der Waals surface area contributed by atoms with Crippen molar-refractivity contribution in [1.29, 1.82) is 0 Å². The van der Waals surface area contributed by atoms with Crippen molar-refractivity contribution in [3.8, 4) is 5.75 Å². The number of imidazole rings is 1. The Labute approximate surface area is 137 Å². The molecule has 1 aromatic heterocycles. The lowest BCUT2D eigenvalue weighted by atomic mass is 10.3. The molecule has 0 aliphatic rings. The second kappa shape index (κ2) is 5.93. The first-order valence-electron chi connectivity index (χ1n) is 7.03. The number of nitrogens with zero attached hydrogens (tertiary/aromatic N) is 3. The summed E-state index contributed by atoms with van der Waals surface area (Å²) in [5, 5.41) is 10.8. The summed E-state index contributed by atoms with van der Waals surface area (Å²) in [6.07, 6.45) is 1.14. The van der Waals surface area contributed by atoms with E-state index < -0.39 is 14.9 Å². The standard InChI is InChI=1S/C15H13N3O5S/c1-2-23-12-4-6-13(7-5-12)24(21,22)17-10-16-14-9-11(18(19)20)3-8-15(14)17/h3-10H,2H2,1H3. The van der Waals surface area contributed by atoms with Crippen LogP contribution in [0.25, 0.3) is 11.0 Å². The Morgan fingerprint density at radius 1 is 1.21 bits per heavy atom. The van der Waals surface area contributed by atoms with Crippen LogP contribution in [-0.4, -0.2) is 28.9 Å². The first-order chi connectivity index (χ1) is 11.4. The predicted molar refractivity (Wildman–Crippen MR) is 86.6 cm³/mol. The molecule has 3 aromatic rings. The third kappa shape index (κ3) is 2.69. The number of nitro groups is 1. The van der Waals surface area contributed by atoms with Crippen molar-refractivity contribution in [3.05, 3.63) is 58.9 Å². The molecule has 0 aliphatic heterocycles. The number of hydrogen-bond donors (Lipinski definition) is 0. The Morgan fingerprint density at radius 2 is 1.92 bits per heavy atom. The zero-order valence-electron chi connectivity index (χ0n) is 12.6. The largest absolute Gasteiger partial charge is 0.494 e. The van der Waals surface area contributed by atoms with Gasteiger partial charge in [0.1, 0.15) is 12.1 Å². The van der Waals surface area contributed by atoms with Crippen molar-refractivity contribution in [2.24, 2.45) is 0 Å². The summed E-state index contributed by atoms with van der Waals surface area (Å²) in [6.45, 7) is 2.32. The summed E-state index contributed by atoms with van der Waals surface area (Å²) < 4.78 is 31.8. The molecular formula is C15H13N3O5S. The third-order valence-corrected chi connectivity index (χ3v) is 5.08. The molecule has 124 valence electrons. The Morgan fingerprint density at radius 3 is 2.54 bits per heavy atom. The molecule has 0 spiro atoms. The molecule has 24 heavy (non-hydrogen) atoms. The molecule has 0 unspecified atom stereocenters. The zero-order valence-corrected chi connectivity index (χ0v) is 13.4. The zero-order chi connectivity index (χ0) is 17.3. The van der Waals surface area contributed by atoms with E-state index in [0.29, 0.717) is 12.4 Å². The molecule has 0 atom stereocenters. The van der Waals surface area contributed by atoms with Crippen molar-refractivity contribution in [3.63, 3.8) is 0 Å². The fourth-order valence-electron chi connectivity index (χ4n) is 2.27. The first-order valence-corrected chi connectivity index (χ1v) is 8.47. The predicted octanol–water partition coefficient (Wildman–Crippen LogP) is 2.58. The second-order valence-corrected chi connectivity index (χ2v) is 6.69. The molecule has 0 N–H and O–H groups in total. The van der Waals surface area contributed by atoms with Gasteiger partial charge in [-0.3, -0.25) is 10.1 Å². The molecule has 0 saturated heterocycles. The molecule has 9 heteroatoms. The van der Waals surface area contributed by atoms with Crippen LogP contribution in [-0.2, 0) is 10.0 Å². The highest BCUT2D eigenvalue weighted by molar-refractivity contribution is 7.90. The minimum Gasteiger partial charge on any atom is -0.494 e. The van der Waals surface area contributed by atoms with Gasteiger partial charge in [-0.2, -0.15) is 0 Å². The van der Waals surface area contributed by atoms with E-state index in [9.17, 15) is 18.5 Å². The second-order valence-electron chi connectivity index (χ2n) is 4.88. The van der Waals surface area contributed by atoms with E-state index in [4.69, 9.17) is 4.74 Å². The summed E-state index contributed by atoms with van der Waals surface area (Å²) >= 11 is 0. The van der Waals surface area contributed by atoms with Crippen LogP contribution in [0, 0.1) is 10.1 Å². The topological polar surface area (TPSA) is 104 Å². The van der Waals surface area contributed by atoms with Gasteiger partial charge in [-0.15, -0.1) is 0 Å². The van der Waals surface area contributed by atoms with E-state index in [1.807, 2.05) is 6.92 Å². The molecular weight excluding hydrogens is 334 g/mol. The fourth-order valence-corrected chi connectivity index (χ4v) is 3.56. The Kier molecular flexibility index (Phi) is 3.94. The van der Waals surface area contributed by atoms with Gasteiger partial charge in [0.2, 0.25) is 0 Å². The summed E-state index contributed by atoms with van der Waals surface area (Å²) in [6, 6.07) is 9.87. The maximum Gasteiger partial charge on any atom is 0.271 e. The normalized spacial score (nSPS) is 11.5. The van der Waals surface area contributed by atoms with Crippen LogP contribution in [0.2, 0.25) is 0 Å². The minimum atomic E-state index is -3.86. The maximum absolute atomic E-state index is 12.7. The highest BCUT2D eigenvalue weighted by Gasteiger charge is 2.21. The van der Waals surface area contributed by atoms with Gasteiger partial charge in [0.05, 0.1) is 27.5 Å². The van der Waals surface area contributed by atoms with E-state index in [0.717, 1.165) is 10.3 Å². The Balaban J connectivity index is 2.06. The van der Waals surface area contributed by atoms with Gasteiger partial charge in [-0.05, 0) is 37.3 Å². The lowest BCUT2D eigenvalue weighted by Crippen LogP contribution is -2.11. The number of hydrogen-bond acceptors (Lipinski definition) is 6. The average molecular weight is 347 g/mol. The van der Waals surface area contributed by atoms with Crippen molar-refractivity contribution >= 4 is 26.7 Å². The van der Waals surface area contributed by atoms with Crippen molar-refractivity contribution in [2.45, 2.75) is 11.8 Å². The molecule has 3 rings (SSSR count). The van der Waals surface area contributed by atoms with Crippen LogP contribution in [0.1, 0.15) is 6.92 Å². The van der Waals surface area contributed by atoms with E-state index >= 15 is 0 Å². The number of non-ortho nitro benzene ring substituents is 1. The Hall–Kier alpha value is -2.94. The fraction of sp³-hybridized carbons (Fsp3) is 0.133. The van der Waals surface area contributed by atoms with Crippen molar-refractivity contribution < 1.29 is 18.1 Å². The lowest BCUT2D eigenvalue weighted by Gasteiger charge is -2.08. The van der Waals surface area contributed by atoms with E-state index in [1.54, 1.807) is 12.1 Å². The van der Waals surface area contributed by atoms with Gasteiger partial charge in [0.15, 0.2) is 0 Å². The smallest absolute Gasteiger partial charge is 0.271 e. The first kappa shape index (κ1) is 15.9. The molecule has 8 nitrogen and oxygen atoms in total. The maximum atomic E-state index is 12.7. The highest BCUT2D eigenvalue weighted by atomic mass is 32.2. The average Bonchev–Trinajstić information content (AvgIpc) is 2.99. The lowest BCUT2D eigenvalue weighted by molar-refractivity contribution is -0.384. The number of rotatable bonds is 5. The van der Waals surface area contributed by atoms with Crippen molar-refractivity contribution in [2.75, 3.05) is 6.61 Å². The monoisotopic (exact) mass is 347 g/mol. The number of benzene rings is 2. The molecule has 2 aromatic carbocycles. The highest BCUT2D eigenvalue weighted by Crippen LogP contribution is 2.24. The van der Waals surface area contributed by atoms with E-state index in [-0.39, 0.29) is 21.6 Å². The number of ether oxygens (including phenoxy) is 1. The van der Waals surface area contributed by atoms with Crippen molar-refractivity contribution in [1.82, 2.24) is 8.96 Å². The van der Waals surface area contributed by atoms with Gasteiger partial charge in [-0.25, -0.2) is 17.4 Å².